The normalized spacial score (nSPS) is 21.0. The van der Waals surface area contributed by atoms with Gasteiger partial charge in [-0.15, -0.1) is 0 Å². The van der Waals surface area contributed by atoms with Crippen LogP contribution in [0.2, 0.25) is 0 Å². The van der Waals surface area contributed by atoms with Crippen molar-refractivity contribution in [1.29, 1.82) is 0 Å². The van der Waals surface area contributed by atoms with E-state index in [0.717, 1.165) is 36.6 Å². The van der Waals surface area contributed by atoms with Crippen molar-refractivity contribution in [3.8, 4) is 0 Å². The van der Waals surface area contributed by atoms with Gasteiger partial charge in [-0.1, -0.05) is 18.2 Å². The van der Waals surface area contributed by atoms with E-state index in [1.54, 1.807) is 6.33 Å². The minimum Gasteiger partial charge on any atom is -0.355 e. The molecule has 120 valence electrons. The summed E-state index contributed by atoms with van der Waals surface area (Å²) in [5, 5.41) is 3.04. The lowest BCUT2D eigenvalue weighted by Crippen LogP contribution is -2.48. The van der Waals surface area contributed by atoms with Crippen LogP contribution in [0, 0.1) is 12.3 Å². The van der Waals surface area contributed by atoms with Crippen molar-refractivity contribution >= 4 is 17.4 Å². The highest BCUT2D eigenvalue weighted by atomic mass is 16.2. The van der Waals surface area contributed by atoms with Gasteiger partial charge in [-0.3, -0.25) is 4.79 Å². The van der Waals surface area contributed by atoms with E-state index in [-0.39, 0.29) is 5.91 Å². The third-order valence-corrected chi connectivity index (χ3v) is 4.39. The van der Waals surface area contributed by atoms with E-state index in [1.807, 2.05) is 50.2 Å². The van der Waals surface area contributed by atoms with Gasteiger partial charge in [0.1, 0.15) is 12.1 Å². The molecular formula is C18H22N4O. The highest BCUT2D eigenvalue weighted by molar-refractivity contribution is 5.95. The van der Waals surface area contributed by atoms with Crippen LogP contribution in [0.3, 0.4) is 0 Å². The average Bonchev–Trinajstić information content (AvgIpc) is 2.56. The molecule has 1 aromatic heterocycles. The van der Waals surface area contributed by atoms with Gasteiger partial charge in [-0.05, 0) is 38.8 Å². The number of anilines is 2. The summed E-state index contributed by atoms with van der Waals surface area (Å²) in [7, 11) is 0. The predicted molar refractivity (Wildman–Crippen MR) is 91.4 cm³/mol. The quantitative estimate of drug-likeness (QED) is 0.946. The summed E-state index contributed by atoms with van der Waals surface area (Å²) in [6, 6.07) is 11.6. The minimum absolute atomic E-state index is 0.0687. The van der Waals surface area contributed by atoms with Crippen LogP contribution >= 0.6 is 0 Å². The number of aryl methyl sites for hydroxylation is 1. The Balaban J connectivity index is 1.74. The number of rotatable bonds is 3. The Bertz CT molecular complexity index is 688. The molecule has 0 radical (unpaired) electrons. The Morgan fingerprint density at radius 1 is 1.26 bits per heavy atom. The zero-order valence-electron chi connectivity index (χ0n) is 13.6. The topological polar surface area (TPSA) is 58.1 Å². The number of piperidine rings is 1. The number of carbonyl (C=O) groups excluding carboxylic acids is 1. The summed E-state index contributed by atoms with van der Waals surface area (Å²) < 4.78 is 0. The lowest BCUT2D eigenvalue weighted by atomic mass is 9.81. The molecule has 0 unspecified atom stereocenters. The molecule has 3 rings (SSSR count). The van der Waals surface area contributed by atoms with Gasteiger partial charge in [0.05, 0.1) is 5.41 Å². The highest BCUT2D eigenvalue weighted by Gasteiger charge is 2.38. The number of nitrogens with one attached hydrogen (secondary N) is 1. The van der Waals surface area contributed by atoms with Crippen LogP contribution in [-0.4, -0.2) is 29.0 Å². The number of aromatic nitrogens is 2. The monoisotopic (exact) mass is 310 g/mol. The molecular weight excluding hydrogens is 288 g/mol. The Hall–Kier alpha value is -2.43. The summed E-state index contributed by atoms with van der Waals surface area (Å²) in [5.41, 5.74) is 1.36. The molecule has 1 fully saturated rings. The van der Waals surface area contributed by atoms with Gasteiger partial charge in [-0.2, -0.15) is 0 Å². The number of para-hydroxylation sites is 1. The smallest absolute Gasteiger partial charge is 0.232 e. The molecule has 0 aliphatic carbocycles. The molecule has 1 atom stereocenters. The Morgan fingerprint density at radius 3 is 2.78 bits per heavy atom. The minimum atomic E-state index is -0.424. The van der Waals surface area contributed by atoms with Crippen LogP contribution in [-0.2, 0) is 4.79 Å². The van der Waals surface area contributed by atoms with Gasteiger partial charge in [0.2, 0.25) is 5.91 Å². The summed E-state index contributed by atoms with van der Waals surface area (Å²) in [4.78, 5) is 23.4. The molecule has 5 heteroatoms. The number of benzene rings is 1. The van der Waals surface area contributed by atoms with E-state index in [1.165, 1.54) is 0 Å². The van der Waals surface area contributed by atoms with E-state index in [0.29, 0.717) is 6.54 Å². The summed E-state index contributed by atoms with van der Waals surface area (Å²) in [6.45, 7) is 5.58. The van der Waals surface area contributed by atoms with Crippen LogP contribution in [0.5, 0.6) is 0 Å². The second-order valence-corrected chi connectivity index (χ2v) is 6.42. The molecule has 0 bridgehead atoms. The van der Waals surface area contributed by atoms with Crippen LogP contribution < -0.4 is 10.2 Å². The van der Waals surface area contributed by atoms with Crippen molar-refractivity contribution in [2.45, 2.75) is 26.7 Å². The van der Waals surface area contributed by atoms with Crippen molar-refractivity contribution in [3.63, 3.8) is 0 Å². The number of carbonyl (C=O) groups is 1. The first-order chi connectivity index (χ1) is 11.1. The second kappa shape index (κ2) is 6.36. The van der Waals surface area contributed by atoms with Gasteiger partial charge in [0, 0.05) is 30.5 Å². The van der Waals surface area contributed by atoms with Gasteiger partial charge in [0.15, 0.2) is 0 Å². The Labute approximate surface area is 136 Å². The second-order valence-electron chi connectivity index (χ2n) is 6.42. The summed E-state index contributed by atoms with van der Waals surface area (Å²) >= 11 is 0. The molecule has 0 spiro atoms. The van der Waals surface area contributed by atoms with Gasteiger partial charge in [-0.25, -0.2) is 9.97 Å². The first-order valence-electron chi connectivity index (χ1n) is 7.97. The van der Waals surface area contributed by atoms with Crippen LogP contribution in [0.15, 0.2) is 42.7 Å². The molecule has 1 saturated heterocycles. The number of hydrogen-bond acceptors (Lipinski definition) is 4. The van der Waals surface area contributed by atoms with E-state index in [2.05, 4.69) is 20.2 Å². The average molecular weight is 310 g/mol. The third kappa shape index (κ3) is 3.50. The first-order valence-corrected chi connectivity index (χ1v) is 7.97. The van der Waals surface area contributed by atoms with Crippen LogP contribution in [0.25, 0.3) is 0 Å². The molecule has 1 aliphatic heterocycles. The molecule has 1 aliphatic rings. The van der Waals surface area contributed by atoms with E-state index < -0.39 is 5.41 Å². The summed E-state index contributed by atoms with van der Waals surface area (Å²) in [5.74, 6) is 0.968. The van der Waals surface area contributed by atoms with E-state index in [9.17, 15) is 4.79 Å². The van der Waals surface area contributed by atoms with Crippen molar-refractivity contribution < 1.29 is 4.79 Å². The van der Waals surface area contributed by atoms with Crippen molar-refractivity contribution in [1.82, 2.24) is 9.97 Å². The van der Waals surface area contributed by atoms with Crippen molar-refractivity contribution in [2.24, 2.45) is 5.41 Å². The Morgan fingerprint density at radius 2 is 2.04 bits per heavy atom. The van der Waals surface area contributed by atoms with E-state index in [4.69, 9.17) is 0 Å². The zero-order chi connectivity index (χ0) is 16.3. The maximum Gasteiger partial charge on any atom is 0.232 e. The van der Waals surface area contributed by atoms with Crippen molar-refractivity contribution in [3.05, 3.63) is 48.4 Å². The SMILES string of the molecule is Cc1cc(N2CCC[C@@](C)(C(=O)Nc3ccccc3)C2)ncn1. The molecule has 23 heavy (non-hydrogen) atoms. The molecule has 0 saturated carbocycles. The molecule has 5 nitrogen and oxygen atoms in total. The fourth-order valence-electron chi connectivity index (χ4n) is 3.04. The lowest BCUT2D eigenvalue weighted by molar-refractivity contribution is -0.125. The zero-order valence-corrected chi connectivity index (χ0v) is 13.6. The number of amides is 1. The fourth-order valence-corrected chi connectivity index (χ4v) is 3.04. The van der Waals surface area contributed by atoms with Gasteiger partial charge >= 0.3 is 0 Å². The molecule has 1 N–H and O–H groups in total. The largest absolute Gasteiger partial charge is 0.355 e. The van der Waals surface area contributed by atoms with Gasteiger partial charge < -0.3 is 10.2 Å². The molecule has 2 heterocycles. The van der Waals surface area contributed by atoms with Crippen LogP contribution in [0.4, 0.5) is 11.5 Å². The molecule has 2 aromatic rings. The Kier molecular flexibility index (Phi) is 4.28. The highest BCUT2D eigenvalue weighted by Crippen LogP contribution is 2.32. The van der Waals surface area contributed by atoms with Crippen LogP contribution in [0.1, 0.15) is 25.5 Å². The summed E-state index contributed by atoms with van der Waals surface area (Å²) in [6.07, 6.45) is 3.44. The third-order valence-electron chi connectivity index (χ3n) is 4.39. The number of nitrogens with zero attached hydrogens (tertiary/aromatic N) is 3. The maximum absolute atomic E-state index is 12.8. The van der Waals surface area contributed by atoms with Crippen molar-refractivity contribution in [2.75, 3.05) is 23.3 Å². The number of hydrogen-bond donors (Lipinski definition) is 1. The molecule has 1 aromatic carbocycles. The standard InChI is InChI=1S/C18H22N4O/c1-14-11-16(20-13-19-14)22-10-6-9-18(2,12-22)17(23)21-15-7-4-3-5-8-15/h3-5,7-8,11,13H,6,9-10,12H2,1-2H3,(H,21,23)/t18-/m1/s1. The maximum atomic E-state index is 12.8. The first kappa shape index (κ1) is 15.5. The lowest BCUT2D eigenvalue weighted by Gasteiger charge is -2.39. The molecule has 1 amide bonds. The predicted octanol–water partition coefficient (Wildman–Crippen LogP) is 3.03. The van der Waals surface area contributed by atoms with E-state index >= 15 is 0 Å². The fraction of sp³-hybridized carbons (Fsp3) is 0.389. The van der Waals surface area contributed by atoms with Gasteiger partial charge in [0.25, 0.3) is 0 Å².